The lowest BCUT2D eigenvalue weighted by molar-refractivity contribution is 0.357. The van der Waals surface area contributed by atoms with Gasteiger partial charge < -0.3 is 10.1 Å². The minimum atomic E-state index is 0.170. The van der Waals surface area contributed by atoms with Crippen molar-refractivity contribution in [1.29, 1.82) is 0 Å². The lowest BCUT2D eigenvalue weighted by atomic mass is 10.0. The van der Waals surface area contributed by atoms with Crippen molar-refractivity contribution in [3.05, 3.63) is 47.3 Å². The third-order valence-corrected chi connectivity index (χ3v) is 3.49. The van der Waals surface area contributed by atoms with E-state index in [0.717, 1.165) is 24.5 Å². The molecule has 0 aliphatic carbocycles. The molecular weight excluding hydrogens is 226 g/mol. The molecule has 0 fully saturated rings. The number of aryl methyl sites for hydroxylation is 1. The largest absolute Gasteiger partial charge is 0.493 e. The van der Waals surface area contributed by atoms with Crippen LogP contribution in [0.5, 0.6) is 5.75 Å². The average Bonchev–Trinajstić information content (AvgIpc) is 2.99. The molecule has 1 aromatic carbocycles. The Hall–Kier alpha value is -1.81. The Morgan fingerprint density at radius 2 is 2.28 bits per heavy atom. The van der Waals surface area contributed by atoms with E-state index in [4.69, 9.17) is 4.74 Å². The third-order valence-electron chi connectivity index (χ3n) is 3.49. The summed E-state index contributed by atoms with van der Waals surface area (Å²) in [7, 11) is 3.94. The van der Waals surface area contributed by atoms with E-state index in [1.54, 1.807) is 0 Å². The zero-order chi connectivity index (χ0) is 12.5. The highest BCUT2D eigenvalue weighted by Crippen LogP contribution is 2.30. The standard InChI is InChI=1S/C14H17N3O/c1-15-14(12-5-7-16-17(12)2)11-3-4-13-10(9-11)6-8-18-13/h3-5,7,9,14-15H,6,8H2,1-2H3. The maximum Gasteiger partial charge on any atom is 0.122 e. The van der Waals surface area contributed by atoms with Crippen molar-refractivity contribution in [2.24, 2.45) is 7.05 Å². The Morgan fingerprint density at radius 3 is 3.00 bits per heavy atom. The Balaban J connectivity index is 2.00. The lowest BCUT2D eigenvalue weighted by Gasteiger charge is -2.17. The minimum absolute atomic E-state index is 0.170. The second kappa shape index (κ2) is 4.46. The molecule has 0 radical (unpaired) electrons. The van der Waals surface area contributed by atoms with Gasteiger partial charge in [-0.15, -0.1) is 0 Å². The molecule has 18 heavy (non-hydrogen) atoms. The molecule has 2 aromatic rings. The van der Waals surface area contributed by atoms with E-state index < -0.39 is 0 Å². The Morgan fingerprint density at radius 1 is 1.39 bits per heavy atom. The monoisotopic (exact) mass is 243 g/mol. The molecule has 4 heteroatoms. The molecule has 1 atom stereocenters. The summed E-state index contributed by atoms with van der Waals surface area (Å²) in [4.78, 5) is 0. The zero-order valence-corrected chi connectivity index (χ0v) is 10.7. The summed E-state index contributed by atoms with van der Waals surface area (Å²) >= 11 is 0. The van der Waals surface area contributed by atoms with Crippen LogP contribution in [-0.4, -0.2) is 23.4 Å². The maximum atomic E-state index is 5.54. The fraction of sp³-hybridized carbons (Fsp3) is 0.357. The molecule has 0 saturated carbocycles. The second-order valence-corrected chi connectivity index (χ2v) is 4.57. The van der Waals surface area contributed by atoms with Crippen LogP contribution in [0.4, 0.5) is 0 Å². The molecule has 1 aliphatic rings. The van der Waals surface area contributed by atoms with E-state index >= 15 is 0 Å². The van der Waals surface area contributed by atoms with Gasteiger partial charge in [-0.05, 0) is 30.3 Å². The zero-order valence-electron chi connectivity index (χ0n) is 10.7. The van der Waals surface area contributed by atoms with Crippen LogP contribution < -0.4 is 10.1 Å². The summed E-state index contributed by atoms with van der Waals surface area (Å²) < 4.78 is 7.45. The molecule has 94 valence electrons. The van der Waals surface area contributed by atoms with E-state index in [1.807, 2.05) is 31.0 Å². The fourth-order valence-corrected chi connectivity index (χ4v) is 2.54. The molecule has 1 aromatic heterocycles. The Kier molecular flexibility index (Phi) is 2.80. The van der Waals surface area contributed by atoms with Gasteiger partial charge in [-0.25, -0.2) is 0 Å². The summed E-state index contributed by atoms with van der Waals surface area (Å²) in [5.41, 5.74) is 3.72. The van der Waals surface area contributed by atoms with Gasteiger partial charge in [0.2, 0.25) is 0 Å². The SMILES string of the molecule is CNC(c1ccc2c(c1)CCO2)c1ccnn1C. The number of hydrogen-bond acceptors (Lipinski definition) is 3. The summed E-state index contributed by atoms with van der Waals surface area (Å²) in [5.74, 6) is 1.03. The summed E-state index contributed by atoms with van der Waals surface area (Å²) in [5, 5.41) is 7.59. The summed E-state index contributed by atoms with van der Waals surface area (Å²) in [6.07, 6.45) is 2.83. The van der Waals surface area contributed by atoms with Crippen LogP contribution in [0.1, 0.15) is 22.9 Å². The number of benzene rings is 1. The van der Waals surface area contributed by atoms with E-state index in [0.29, 0.717) is 0 Å². The minimum Gasteiger partial charge on any atom is -0.493 e. The number of nitrogens with one attached hydrogen (secondary N) is 1. The highest BCUT2D eigenvalue weighted by Gasteiger charge is 2.19. The molecule has 1 aliphatic heterocycles. The van der Waals surface area contributed by atoms with Crippen molar-refractivity contribution in [1.82, 2.24) is 15.1 Å². The smallest absolute Gasteiger partial charge is 0.122 e. The van der Waals surface area contributed by atoms with Gasteiger partial charge in [-0.1, -0.05) is 12.1 Å². The van der Waals surface area contributed by atoms with Crippen LogP contribution in [0.15, 0.2) is 30.5 Å². The van der Waals surface area contributed by atoms with Gasteiger partial charge in [0.05, 0.1) is 18.3 Å². The number of aromatic nitrogens is 2. The molecule has 1 N–H and O–H groups in total. The Bertz CT molecular complexity index is 562. The summed E-state index contributed by atoms with van der Waals surface area (Å²) in [6, 6.07) is 8.64. The van der Waals surface area contributed by atoms with Gasteiger partial charge in [-0.3, -0.25) is 4.68 Å². The highest BCUT2D eigenvalue weighted by atomic mass is 16.5. The predicted molar refractivity (Wildman–Crippen MR) is 69.8 cm³/mol. The number of fused-ring (bicyclic) bond motifs is 1. The van der Waals surface area contributed by atoms with E-state index in [2.05, 4.69) is 28.6 Å². The van der Waals surface area contributed by atoms with Crippen molar-refractivity contribution in [2.45, 2.75) is 12.5 Å². The number of nitrogens with zero attached hydrogens (tertiary/aromatic N) is 2. The van der Waals surface area contributed by atoms with Crippen molar-refractivity contribution in [2.75, 3.05) is 13.7 Å². The van der Waals surface area contributed by atoms with Crippen LogP contribution in [0.2, 0.25) is 0 Å². The number of rotatable bonds is 3. The van der Waals surface area contributed by atoms with E-state index in [-0.39, 0.29) is 6.04 Å². The van der Waals surface area contributed by atoms with Gasteiger partial charge in [0.15, 0.2) is 0 Å². The first-order chi connectivity index (χ1) is 8.79. The van der Waals surface area contributed by atoms with Gasteiger partial charge in [0, 0.05) is 19.7 Å². The second-order valence-electron chi connectivity index (χ2n) is 4.57. The molecule has 1 unspecified atom stereocenters. The maximum absolute atomic E-state index is 5.54. The van der Waals surface area contributed by atoms with Gasteiger partial charge in [-0.2, -0.15) is 5.10 Å². The lowest BCUT2D eigenvalue weighted by Crippen LogP contribution is -2.20. The van der Waals surface area contributed by atoms with Gasteiger partial charge in [0.25, 0.3) is 0 Å². The molecule has 0 amide bonds. The molecule has 4 nitrogen and oxygen atoms in total. The predicted octanol–water partition coefficient (Wildman–Crippen LogP) is 1.66. The van der Waals surface area contributed by atoms with E-state index in [1.165, 1.54) is 11.1 Å². The molecule has 3 rings (SSSR count). The normalized spacial score (nSPS) is 15.2. The first kappa shape index (κ1) is 11.3. The van der Waals surface area contributed by atoms with Crippen molar-refractivity contribution in [3.8, 4) is 5.75 Å². The van der Waals surface area contributed by atoms with Crippen LogP contribution in [0, 0.1) is 0 Å². The first-order valence-corrected chi connectivity index (χ1v) is 6.20. The summed E-state index contributed by atoms with van der Waals surface area (Å²) in [6.45, 7) is 0.800. The van der Waals surface area contributed by atoms with Crippen LogP contribution in [0.3, 0.4) is 0 Å². The molecule has 0 bridgehead atoms. The van der Waals surface area contributed by atoms with Crippen LogP contribution >= 0.6 is 0 Å². The number of hydrogen-bond donors (Lipinski definition) is 1. The van der Waals surface area contributed by atoms with Crippen molar-refractivity contribution < 1.29 is 4.74 Å². The number of ether oxygens (including phenoxy) is 1. The molecule has 0 saturated heterocycles. The molecular formula is C14H17N3O. The first-order valence-electron chi connectivity index (χ1n) is 6.20. The van der Waals surface area contributed by atoms with Gasteiger partial charge in [0.1, 0.15) is 5.75 Å². The highest BCUT2D eigenvalue weighted by molar-refractivity contribution is 5.42. The average molecular weight is 243 g/mol. The molecule has 2 heterocycles. The topological polar surface area (TPSA) is 39.1 Å². The Labute approximate surface area is 107 Å². The third kappa shape index (κ3) is 1.78. The van der Waals surface area contributed by atoms with Gasteiger partial charge >= 0.3 is 0 Å². The van der Waals surface area contributed by atoms with Crippen LogP contribution in [0.25, 0.3) is 0 Å². The fourth-order valence-electron chi connectivity index (χ4n) is 2.54. The molecule has 0 spiro atoms. The van der Waals surface area contributed by atoms with E-state index in [9.17, 15) is 0 Å². The van der Waals surface area contributed by atoms with Crippen molar-refractivity contribution >= 4 is 0 Å². The van der Waals surface area contributed by atoms with Crippen LogP contribution in [-0.2, 0) is 13.5 Å². The van der Waals surface area contributed by atoms with Crippen molar-refractivity contribution in [3.63, 3.8) is 0 Å². The quantitative estimate of drug-likeness (QED) is 0.891.